The lowest BCUT2D eigenvalue weighted by molar-refractivity contribution is -0.115. The molecule has 0 atom stereocenters. The summed E-state index contributed by atoms with van der Waals surface area (Å²) in [5, 5.41) is 60.6. The summed E-state index contributed by atoms with van der Waals surface area (Å²) >= 11 is 6.39. The third-order valence-corrected chi connectivity index (χ3v) is 27.7. The molecule has 0 saturated heterocycles. The molecule has 45 heteroatoms. The Morgan fingerprint density at radius 2 is 0.609 bits per heavy atom. The summed E-state index contributed by atoms with van der Waals surface area (Å²) in [6, 6.07) is 33.0. The third-order valence-electron chi connectivity index (χ3n) is 20.5. The van der Waals surface area contributed by atoms with Crippen molar-refractivity contribution in [2.24, 2.45) is 10.3 Å². The van der Waals surface area contributed by atoms with Gasteiger partial charge in [-0.3, -0.25) is 14.4 Å². The van der Waals surface area contributed by atoms with Gasteiger partial charge in [0.15, 0.2) is 5.01 Å². The number of benzene rings is 5. The summed E-state index contributed by atoms with van der Waals surface area (Å²) in [5.74, 6) is -1.47. The lowest BCUT2D eigenvalue weighted by Crippen LogP contribution is -2.21. The molecule has 3 amide bonds. The van der Waals surface area contributed by atoms with Crippen molar-refractivity contribution in [3.63, 3.8) is 0 Å². The number of carboxylic acid groups (broad SMARTS) is 3. The van der Waals surface area contributed by atoms with Gasteiger partial charge in [-0.1, -0.05) is 30.3 Å². The molecule has 15 aromatic rings. The molecule has 0 saturated carbocycles. The summed E-state index contributed by atoms with van der Waals surface area (Å²) in [6.45, 7) is 9.05. The fraction of sp³-hybridized carbons (Fsp3) is 0.193. The number of sulfonamides is 2. The first kappa shape index (κ1) is 91.6. The van der Waals surface area contributed by atoms with Crippen LogP contribution in [-0.2, 0) is 93.8 Å². The van der Waals surface area contributed by atoms with Crippen molar-refractivity contribution in [1.29, 1.82) is 0 Å². The van der Waals surface area contributed by atoms with E-state index in [0.29, 0.717) is 76.5 Å². The molecule has 14 N–H and O–H groups in total. The van der Waals surface area contributed by atoms with E-state index in [4.69, 9.17) is 20.4 Å². The molecule has 20 rings (SSSR count). The summed E-state index contributed by atoms with van der Waals surface area (Å²) < 4.78 is 46.1. The van der Waals surface area contributed by atoms with Crippen molar-refractivity contribution in [3.8, 4) is 52.9 Å². The standard InChI is InChI=1S/C18H18N6O3S2.C18H15N5O3S.C18H17N5OS.C18H16N4O2S.C16H13N5O4S2/c1-24(2)17(25)16-22-13-7-6-10-9-20-18(23-14(10)15(13)28-16)21-11-4-3-5-12(8-11)29(19,26)27;1-9(24)20-11-3-2-4-12(7-11)21-18-19-8-10-5-6-13-15(14(10)23-18)27-16(22-13)17(25)26;1-10(24)20-13-4-3-5-14(8-13)22-18-19-9-12-6-7-15-17(16(12)23-18)25-11(2)21-15;1-9-5-10(2)7-12(6-9)20-18-19-8-11-3-4-13-15(14(11)22-18)25-16(21-13)17(23)24;17-27(24,25)10-3-1-2-9(6-10)19-16-18-7-8-4-5-11-13(12(8)21-16)26-14(20-11)15(22)23/h3-5,8-9H,6-7H2,1-2H3,(H2,19,26,27)(H,20,21,23);2-4,7-8H,5-6H2,1H3,(H,20,24)(H,25,26)(H,19,21,23);3-5,8-9H,6-7H2,1-2H3,(H,20,24)(H,19,22,23);5-8H,3-4H2,1-2H3,(H,23,24)(H,19,20,22);1-3,6-7H,4-5H2,(H,22,23)(H2,17,24,25)(H,18,19,21). The van der Waals surface area contributed by atoms with E-state index >= 15 is 0 Å². The van der Waals surface area contributed by atoms with E-state index in [1.165, 1.54) is 65.7 Å². The Bertz CT molecular complexity index is 7400. The van der Waals surface area contributed by atoms with Crippen LogP contribution in [0.25, 0.3) is 52.9 Å². The molecule has 676 valence electrons. The Balaban J connectivity index is 0.000000121. The van der Waals surface area contributed by atoms with Gasteiger partial charge in [-0.2, -0.15) is 0 Å². The lowest BCUT2D eigenvalue weighted by Gasteiger charge is -2.15. The Labute approximate surface area is 778 Å². The van der Waals surface area contributed by atoms with Crippen LogP contribution in [0.4, 0.5) is 69.6 Å². The summed E-state index contributed by atoms with van der Waals surface area (Å²) in [5.41, 5.74) is 20.4. The number of nitrogens with zero attached hydrogens (tertiary/aromatic N) is 16. The zero-order valence-corrected chi connectivity index (χ0v) is 77.2. The number of carbonyl (C=O) groups is 6. The molecule has 0 bridgehead atoms. The Kier molecular flexibility index (Phi) is 26.7. The number of aryl methyl sites for hydroxylation is 13. The van der Waals surface area contributed by atoms with Crippen LogP contribution >= 0.6 is 56.7 Å². The van der Waals surface area contributed by atoms with Crippen molar-refractivity contribution in [1.82, 2.24) is 79.7 Å². The number of rotatable bonds is 18. The van der Waals surface area contributed by atoms with Crippen molar-refractivity contribution < 1.29 is 60.9 Å². The van der Waals surface area contributed by atoms with Crippen LogP contribution in [0, 0.1) is 20.8 Å². The highest BCUT2D eigenvalue weighted by molar-refractivity contribution is 7.89. The predicted octanol–water partition coefficient (Wildman–Crippen LogP) is 14.1. The van der Waals surface area contributed by atoms with Crippen LogP contribution in [0.1, 0.15) is 125 Å². The first-order chi connectivity index (χ1) is 63.6. The van der Waals surface area contributed by atoms with Crippen LogP contribution in [0.2, 0.25) is 0 Å². The van der Waals surface area contributed by atoms with Gasteiger partial charge in [-0.25, -0.2) is 116 Å². The molecule has 0 fully saturated rings. The maximum Gasteiger partial charge on any atom is 0.365 e. The van der Waals surface area contributed by atoms with Gasteiger partial charge in [0, 0.05) is 98.7 Å². The fourth-order valence-electron chi connectivity index (χ4n) is 14.7. The zero-order valence-electron chi connectivity index (χ0n) is 71.5. The molecule has 38 nitrogen and oxygen atoms in total. The van der Waals surface area contributed by atoms with Crippen LogP contribution in [0.3, 0.4) is 0 Å². The number of carboxylic acids is 3. The second-order valence-corrected chi connectivity index (χ2v) is 39.1. The van der Waals surface area contributed by atoms with E-state index < -0.39 is 38.0 Å². The zero-order chi connectivity index (χ0) is 93.8. The predicted molar refractivity (Wildman–Crippen MR) is 506 cm³/mol. The highest BCUT2D eigenvalue weighted by Crippen LogP contribution is 2.43. The van der Waals surface area contributed by atoms with E-state index in [1.807, 2.05) is 81.7 Å². The molecular formula is C88H79N25O13S7. The molecule has 0 aliphatic heterocycles. The van der Waals surface area contributed by atoms with Crippen molar-refractivity contribution in [2.45, 2.75) is 109 Å². The van der Waals surface area contributed by atoms with Crippen molar-refractivity contribution >= 4 is 182 Å². The number of thiazole rings is 5. The van der Waals surface area contributed by atoms with Crippen LogP contribution in [-0.4, -0.2) is 162 Å². The third kappa shape index (κ3) is 21.8. The first-order valence-electron chi connectivity index (χ1n) is 40.7. The largest absolute Gasteiger partial charge is 0.476 e. The van der Waals surface area contributed by atoms with E-state index in [0.717, 1.165) is 204 Å². The van der Waals surface area contributed by atoms with Gasteiger partial charge in [0.25, 0.3) is 5.91 Å². The number of hydrogen-bond acceptors (Lipinski definition) is 35. The molecule has 5 aromatic carbocycles. The topological polar surface area (TPSA) is 564 Å². The molecule has 5 aliphatic carbocycles. The van der Waals surface area contributed by atoms with Gasteiger partial charge in [0.05, 0.1) is 96.1 Å². The van der Waals surface area contributed by atoms with Gasteiger partial charge in [-0.15, -0.1) is 56.7 Å². The van der Waals surface area contributed by atoms with Crippen LogP contribution in [0.15, 0.2) is 156 Å². The van der Waals surface area contributed by atoms with Gasteiger partial charge in [-0.05, 0) is 209 Å². The average Bonchev–Trinajstić information content (AvgIpc) is 1.58. The van der Waals surface area contributed by atoms with Crippen LogP contribution in [0.5, 0.6) is 0 Å². The highest BCUT2D eigenvalue weighted by Gasteiger charge is 2.32. The molecule has 0 spiro atoms. The number of carbonyl (C=O) groups excluding carboxylic acids is 3. The van der Waals surface area contributed by atoms with Gasteiger partial charge in [0.2, 0.25) is 76.6 Å². The van der Waals surface area contributed by atoms with E-state index in [-0.39, 0.29) is 48.5 Å². The molecule has 10 aromatic heterocycles. The molecule has 5 aliphatic rings. The van der Waals surface area contributed by atoms with Crippen molar-refractivity contribution in [3.05, 3.63) is 239 Å². The number of primary sulfonamides is 2. The van der Waals surface area contributed by atoms with E-state index in [2.05, 4.69) is 113 Å². The Morgan fingerprint density at radius 1 is 0.338 bits per heavy atom. The maximum absolute atomic E-state index is 12.3. The monoisotopic (exact) mass is 1920 g/mol. The van der Waals surface area contributed by atoms with Crippen LogP contribution < -0.4 is 47.5 Å². The SMILES string of the molecule is CC(=O)Nc1cccc(Nc2ncc3c(n2)-c2sc(C(=O)O)nc2CC3)c1.CC(=O)Nc1cccc(Nc2ncc3c(n2)-c2sc(C)nc2CC3)c1.CN(C)C(=O)c1nc2c(s1)-c1nc(Nc3cccc(S(N)(=O)=O)c3)ncc1CC2.Cc1cc(C)cc(Nc2ncc3c(n2)-c2sc(C(=O)O)nc2CC3)c1.NS(=O)(=O)c1cccc(Nc2ncc3c(n2)-c2sc(C(=O)O)nc2CC3)c1. The first-order valence-corrected chi connectivity index (χ1v) is 47.9. The highest BCUT2D eigenvalue weighted by atomic mass is 32.2. The summed E-state index contributed by atoms with van der Waals surface area (Å²) in [6.07, 6.45) is 16.4. The molecule has 0 unspecified atom stereocenters. The minimum Gasteiger partial charge on any atom is -0.476 e. The van der Waals surface area contributed by atoms with Gasteiger partial charge >= 0.3 is 17.9 Å². The normalized spacial score (nSPS) is 12.5. The average molecular weight is 1920 g/mol. The van der Waals surface area contributed by atoms with Gasteiger partial charge < -0.3 is 57.4 Å². The number of nitrogens with two attached hydrogens (primary N) is 2. The Morgan fingerprint density at radius 3 is 0.910 bits per heavy atom. The number of aromatic carboxylic acids is 3. The van der Waals surface area contributed by atoms with Crippen molar-refractivity contribution in [2.75, 3.05) is 51.3 Å². The maximum atomic E-state index is 12.3. The quantitative estimate of drug-likeness (QED) is 0.0379. The fourth-order valence-corrected chi connectivity index (χ4v) is 20.8. The van der Waals surface area contributed by atoms with E-state index in [1.54, 1.807) is 80.4 Å². The van der Waals surface area contributed by atoms with Gasteiger partial charge in [0.1, 0.15) is 0 Å². The number of anilines is 12. The lowest BCUT2D eigenvalue weighted by atomic mass is 10.00. The second-order valence-electron chi connectivity index (χ2n) is 30.8. The minimum atomic E-state index is -3.82. The number of aromatic nitrogens is 15. The molecule has 10 heterocycles. The number of amides is 3. The number of fused-ring (bicyclic) bond motifs is 15. The molecule has 0 radical (unpaired) electrons. The summed E-state index contributed by atoms with van der Waals surface area (Å²) in [4.78, 5) is 141. The molecular weight excluding hydrogens is 1840 g/mol. The minimum absolute atomic E-state index is 0.00274. The summed E-state index contributed by atoms with van der Waals surface area (Å²) in [7, 11) is -4.25. The number of nitrogens with one attached hydrogen (secondary N) is 7. The smallest absolute Gasteiger partial charge is 0.365 e. The number of hydrogen-bond donors (Lipinski definition) is 12. The molecule has 133 heavy (non-hydrogen) atoms. The van der Waals surface area contributed by atoms with E-state index in [9.17, 15) is 55.8 Å². The Hall–Kier alpha value is -14.7. The second kappa shape index (κ2) is 38.8.